The fourth-order valence-corrected chi connectivity index (χ4v) is 4.83. The van der Waals surface area contributed by atoms with Crippen LogP contribution in [0, 0.1) is 11.3 Å². The number of para-hydroxylation sites is 1. The Morgan fingerprint density at radius 2 is 1.67 bits per heavy atom. The smallest absolute Gasteiger partial charge is 0.347 e. The Bertz CT molecular complexity index is 1690. The zero-order valence-electron chi connectivity index (χ0n) is 18.8. The van der Waals surface area contributed by atoms with Crippen molar-refractivity contribution in [2.24, 2.45) is 0 Å². The van der Waals surface area contributed by atoms with Crippen molar-refractivity contribution >= 4 is 40.1 Å². The van der Waals surface area contributed by atoms with Gasteiger partial charge in [0.1, 0.15) is 22.2 Å². The molecule has 174 valence electrons. The van der Waals surface area contributed by atoms with Crippen molar-refractivity contribution in [1.82, 2.24) is 4.98 Å². The van der Waals surface area contributed by atoms with Crippen molar-refractivity contribution in [2.45, 2.75) is 5.03 Å². The normalized spacial score (nSPS) is 10.8. The average molecular weight is 509 g/mol. The van der Waals surface area contributed by atoms with Gasteiger partial charge in [0.2, 0.25) is 0 Å². The maximum atomic E-state index is 13.0. The van der Waals surface area contributed by atoms with E-state index in [1.54, 1.807) is 36.4 Å². The average Bonchev–Trinajstić information content (AvgIpc) is 2.91. The van der Waals surface area contributed by atoms with Crippen LogP contribution in [0.25, 0.3) is 33.4 Å². The van der Waals surface area contributed by atoms with Gasteiger partial charge in [0.15, 0.2) is 5.78 Å². The van der Waals surface area contributed by atoms with Crippen LogP contribution in [0.5, 0.6) is 0 Å². The van der Waals surface area contributed by atoms with Crippen LogP contribution in [0.2, 0.25) is 5.02 Å². The van der Waals surface area contributed by atoms with Gasteiger partial charge in [-0.1, -0.05) is 84.0 Å². The first kappa shape index (κ1) is 23.6. The van der Waals surface area contributed by atoms with E-state index >= 15 is 0 Å². The molecule has 5 aromatic rings. The molecule has 2 heterocycles. The van der Waals surface area contributed by atoms with E-state index in [4.69, 9.17) is 21.0 Å². The van der Waals surface area contributed by atoms with Crippen LogP contribution in [0.4, 0.5) is 0 Å². The van der Waals surface area contributed by atoms with Gasteiger partial charge in [-0.05, 0) is 35.9 Å². The summed E-state index contributed by atoms with van der Waals surface area (Å²) in [5.74, 6) is -0.480. The number of benzene rings is 3. The number of fused-ring (bicyclic) bond motifs is 1. The molecule has 36 heavy (non-hydrogen) atoms. The zero-order valence-corrected chi connectivity index (χ0v) is 20.3. The van der Waals surface area contributed by atoms with Gasteiger partial charge in [-0.2, -0.15) is 5.26 Å². The topological polar surface area (TPSA) is 84.0 Å². The van der Waals surface area contributed by atoms with Gasteiger partial charge in [0, 0.05) is 21.5 Å². The highest BCUT2D eigenvalue weighted by molar-refractivity contribution is 8.00. The number of thioether (sulfide) groups is 1. The van der Waals surface area contributed by atoms with Gasteiger partial charge >= 0.3 is 5.63 Å². The summed E-state index contributed by atoms with van der Waals surface area (Å²) in [6.45, 7) is 0. The van der Waals surface area contributed by atoms with Crippen molar-refractivity contribution in [3.8, 4) is 28.5 Å². The number of carbonyl (C=O) groups excluding carboxylic acids is 1. The third kappa shape index (κ3) is 4.80. The molecule has 0 unspecified atom stereocenters. The maximum absolute atomic E-state index is 13.0. The minimum absolute atomic E-state index is 0.0307. The molecule has 0 amide bonds. The summed E-state index contributed by atoms with van der Waals surface area (Å²) in [7, 11) is 0. The van der Waals surface area contributed by atoms with Gasteiger partial charge in [-0.25, -0.2) is 9.78 Å². The summed E-state index contributed by atoms with van der Waals surface area (Å²) >= 11 is 7.18. The molecule has 7 heteroatoms. The molecule has 5 rings (SSSR count). The third-order valence-corrected chi connectivity index (χ3v) is 6.83. The van der Waals surface area contributed by atoms with Crippen LogP contribution in [0.15, 0.2) is 105 Å². The van der Waals surface area contributed by atoms with E-state index in [2.05, 4.69) is 6.07 Å². The summed E-state index contributed by atoms with van der Waals surface area (Å²) in [5.41, 5.74) is 3.09. The lowest BCUT2D eigenvalue weighted by molar-refractivity contribution is 0.101. The highest BCUT2D eigenvalue weighted by Crippen LogP contribution is 2.34. The quantitative estimate of drug-likeness (QED) is 0.139. The van der Waals surface area contributed by atoms with Crippen LogP contribution >= 0.6 is 23.4 Å². The number of nitriles is 1. The molecule has 0 radical (unpaired) electrons. The molecule has 2 aromatic heterocycles. The molecule has 0 atom stereocenters. The first-order chi connectivity index (χ1) is 17.5. The molecule has 0 aliphatic rings. The zero-order chi connectivity index (χ0) is 25.1. The number of pyridine rings is 1. The molecule has 0 aliphatic carbocycles. The molecule has 0 fully saturated rings. The van der Waals surface area contributed by atoms with E-state index in [1.807, 2.05) is 54.6 Å². The monoisotopic (exact) mass is 508 g/mol. The molecule has 5 nitrogen and oxygen atoms in total. The predicted molar refractivity (Wildman–Crippen MR) is 142 cm³/mol. The van der Waals surface area contributed by atoms with Gasteiger partial charge in [-0.15, -0.1) is 0 Å². The summed E-state index contributed by atoms with van der Waals surface area (Å²) in [5, 5.41) is 11.7. The third-order valence-electron chi connectivity index (χ3n) is 5.60. The Labute approximate surface area is 216 Å². The lowest BCUT2D eigenvalue weighted by Crippen LogP contribution is -2.15. The van der Waals surface area contributed by atoms with Crippen molar-refractivity contribution in [2.75, 3.05) is 5.75 Å². The van der Waals surface area contributed by atoms with Crippen LogP contribution in [0.3, 0.4) is 0 Å². The van der Waals surface area contributed by atoms with Crippen molar-refractivity contribution in [1.29, 1.82) is 5.26 Å². The molecule has 0 saturated heterocycles. The van der Waals surface area contributed by atoms with E-state index in [0.29, 0.717) is 37.8 Å². The Hall–Kier alpha value is -4.18. The molecule has 3 aromatic carbocycles. The van der Waals surface area contributed by atoms with Gasteiger partial charge in [-0.3, -0.25) is 4.79 Å². The van der Waals surface area contributed by atoms with Crippen LogP contribution in [0.1, 0.15) is 15.9 Å². The first-order valence-electron chi connectivity index (χ1n) is 11.0. The fraction of sp³-hybridized carbons (Fsp3) is 0.0345. The Morgan fingerprint density at radius 1 is 0.944 bits per heavy atom. The van der Waals surface area contributed by atoms with Crippen molar-refractivity contribution in [3.05, 3.63) is 118 Å². The highest BCUT2D eigenvalue weighted by atomic mass is 35.5. The first-order valence-corrected chi connectivity index (χ1v) is 12.4. The second-order valence-corrected chi connectivity index (χ2v) is 9.32. The Balaban J connectivity index is 1.54. The molecule has 0 aliphatic heterocycles. The SMILES string of the molecule is N#Cc1c(-c2ccccc2)cc(-c2ccc(Cl)cc2)nc1SCC(=O)c1cc2ccccc2oc1=O. The lowest BCUT2D eigenvalue weighted by Gasteiger charge is -2.12. The maximum Gasteiger partial charge on any atom is 0.347 e. The lowest BCUT2D eigenvalue weighted by atomic mass is 9.99. The number of ketones is 1. The van der Waals surface area contributed by atoms with Gasteiger partial charge < -0.3 is 4.42 Å². The van der Waals surface area contributed by atoms with Crippen LogP contribution in [-0.4, -0.2) is 16.5 Å². The molecule has 0 bridgehead atoms. The van der Waals surface area contributed by atoms with Crippen molar-refractivity contribution in [3.63, 3.8) is 0 Å². The Morgan fingerprint density at radius 3 is 2.42 bits per heavy atom. The predicted octanol–water partition coefficient (Wildman–Crippen LogP) is 7.02. The Kier molecular flexibility index (Phi) is 6.68. The number of halogens is 1. The summed E-state index contributed by atoms with van der Waals surface area (Å²) in [6, 6.07) is 29.5. The number of carbonyl (C=O) groups is 1. The molecular weight excluding hydrogens is 492 g/mol. The van der Waals surface area contributed by atoms with Gasteiger partial charge in [0.25, 0.3) is 0 Å². The van der Waals surface area contributed by atoms with Crippen molar-refractivity contribution < 1.29 is 9.21 Å². The molecular formula is C29H17ClN2O3S. The summed E-state index contributed by atoms with van der Waals surface area (Å²) < 4.78 is 5.31. The fourth-order valence-electron chi connectivity index (χ4n) is 3.82. The summed E-state index contributed by atoms with van der Waals surface area (Å²) in [6.07, 6.45) is 0. The number of aromatic nitrogens is 1. The number of Topliss-reactive ketones (excluding diaryl/α,β-unsaturated/α-hetero) is 1. The van der Waals surface area contributed by atoms with Crippen LogP contribution in [-0.2, 0) is 0 Å². The van der Waals surface area contributed by atoms with E-state index in [0.717, 1.165) is 22.9 Å². The van der Waals surface area contributed by atoms with E-state index in [-0.39, 0.29) is 11.3 Å². The number of nitrogens with zero attached hydrogens (tertiary/aromatic N) is 2. The summed E-state index contributed by atoms with van der Waals surface area (Å²) in [4.78, 5) is 30.2. The van der Waals surface area contributed by atoms with Gasteiger partial charge in [0.05, 0.1) is 17.0 Å². The van der Waals surface area contributed by atoms with E-state index in [1.165, 1.54) is 0 Å². The largest absolute Gasteiger partial charge is 0.422 e. The minimum atomic E-state index is -0.687. The molecule has 0 saturated carbocycles. The number of hydrogen-bond acceptors (Lipinski definition) is 6. The number of rotatable bonds is 6. The molecule has 0 spiro atoms. The molecule has 0 N–H and O–H groups in total. The van der Waals surface area contributed by atoms with E-state index in [9.17, 15) is 14.9 Å². The van der Waals surface area contributed by atoms with Crippen LogP contribution < -0.4 is 5.63 Å². The second kappa shape index (κ2) is 10.2. The number of hydrogen-bond donors (Lipinski definition) is 0. The minimum Gasteiger partial charge on any atom is -0.422 e. The van der Waals surface area contributed by atoms with E-state index < -0.39 is 11.4 Å². The highest BCUT2D eigenvalue weighted by Gasteiger charge is 2.19. The second-order valence-electron chi connectivity index (χ2n) is 7.92. The standard InChI is InChI=1S/C29H17ClN2O3S/c30-21-12-10-19(11-13-21)25-15-22(18-6-2-1-3-7-18)24(16-31)28(32-25)36-17-26(33)23-14-20-8-4-5-9-27(20)35-29(23)34/h1-15H,17H2.